The minimum atomic E-state index is 0.491. The molecule has 4 rings (SSSR count). The molecule has 1 saturated heterocycles. The van der Waals surface area contributed by atoms with Crippen LogP contribution in [0.2, 0.25) is 0 Å². The molecular weight excluding hydrogens is 412 g/mol. The molecule has 2 aromatic rings. The second-order valence-electron chi connectivity index (χ2n) is 9.86. The molecule has 1 aliphatic heterocycles. The normalized spacial score (nSPS) is 22.4. The Kier molecular flexibility index (Phi) is 8.75. The maximum absolute atomic E-state index is 6.34. The largest absolute Gasteiger partial charge is 0.383 e. The Hall–Kier alpha value is -1.96. The number of fused-ring (bicyclic) bond motifs is 1. The molecule has 7 heteroatoms. The van der Waals surface area contributed by atoms with E-state index in [-0.39, 0.29) is 0 Å². The van der Waals surface area contributed by atoms with Gasteiger partial charge in [-0.15, -0.1) is 0 Å². The molecule has 2 fully saturated rings. The molecule has 2 aliphatic rings. The minimum absolute atomic E-state index is 0.491. The van der Waals surface area contributed by atoms with E-state index < -0.39 is 0 Å². The van der Waals surface area contributed by atoms with E-state index in [1.165, 1.54) is 36.8 Å². The van der Waals surface area contributed by atoms with Crippen LogP contribution >= 0.6 is 0 Å². The third-order valence-electron chi connectivity index (χ3n) is 7.57. The molecule has 2 unspecified atom stereocenters. The van der Waals surface area contributed by atoms with Crippen LogP contribution in [0.15, 0.2) is 24.2 Å². The van der Waals surface area contributed by atoms with Crippen LogP contribution < -0.4 is 16.4 Å². The first-order valence-corrected chi connectivity index (χ1v) is 12.9. The van der Waals surface area contributed by atoms with E-state index in [0.717, 1.165) is 75.6 Å². The molecule has 0 amide bonds. The quantitative estimate of drug-likeness (QED) is 0.349. The monoisotopic (exact) mass is 454 g/mol. The van der Waals surface area contributed by atoms with Gasteiger partial charge in [0.05, 0.1) is 5.39 Å². The lowest BCUT2D eigenvalue weighted by molar-refractivity contribution is 0.0855. The fourth-order valence-corrected chi connectivity index (χ4v) is 5.42. The van der Waals surface area contributed by atoms with Gasteiger partial charge < -0.3 is 25.7 Å². The fourth-order valence-electron chi connectivity index (χ4n) is 5.42. The average molecular weight is 455 g/mol. The van der Waals surface area contributed by atoms with E-state index in [1.807, 2.05) is 0 Å². The first-order chi connectivity index (χ1) is 16.2. The number of nitrogens with one attached hydrogen (secondary N) is 2. The first kappa shape index (κ1) is 24.2. The van der Waals surface area contributed by atoms with Gasteiger partial charge in [0.1, 0.15) is 17.8 Å². The summed E-state index contributed by atoms with van der Waals surface area (Å²) in [6.07, 6.45) is 14.3. The van der Waals surface area contributed by atoms with Crippen molar-refractivity contribution in [3.8, 4) is 0 Å². The summed E-state index contributed by atoms with van der Waals surface area (Å²) in [5.74, 6) is 1.83. The highest BCUT2D eigenvalue weighted by Gasteiger charge is 2.30. The van der Waals surface area contributed by atoms with E-state index in [0.29, 0.717) is 17.8 Å². The molecule has 33 heavy (non-hydrogen) atoms. The van der Waals surface area contributed by atoms with Crippen molar-refractivity contribution in [1.82, 2.24) is 25.2 Å². The molecular formula is C26H42N6O. The van der Waals surface area contributed by atoms with Crippen molar-refractivity contribution in [1.29, 1.82) is 0 Å². The average Bonchev–Trinajstić information content (AvgIpc) is 3.46. The van der Waals surface area contributed by atoms with Crippen LogP contribution in [0.3, 0.4) is 0 Å². The summed E-state index contributed by atoms with van der Waals surface area (Å²) >= 11 is 0. The summed E-state index contributed by atoms with van der Waals surface area (Å²) in [6, 6.07) is 0.499. The van der Waals surface area contributed by atoms with Crippen molar-refractivity contribution in [2.75, 3.05) is 45.1 Å². The SMILES string of the molecule is C/C=C(\C)CCNCCCNCC1CCC(n2cc(C3CCOCC3)c3c(N)ncnc32)C1. The van der Waals surface area contributed by atoms with Crippen molar-refractivity contribution >= 4 is 16.9 Å². The highest BCUT2D eigenvalue weighted by molar-refractivity contribution is 5.90. The molecule has 7 nitrogen and oxygen atoms in total. The summed E-state index contributed by atoms with van der Waals surface area (Å²) in [5, 5.41) is 8.31. The summed E-state index contributed by atoms with van der Waals surface area (Å²) in [6.45, 7) is 10.3. The van der Waals surface area contributed by atoms with E-state index >= 15 is 0 Å². The number of nitrogens with zero attached hydrogens (tertiary/aromatic N) is 3. The van der Waals surface area contributed by atoms with Crippen LogP contribution in [0.25, 0.3) is 11.0 Å². The van der Waals surface area contributed by atoms with Crippen molar-refractivity contribution in [2.45, 2.75) is 70.8 Å². The van der Waals surface area contributed by atoms with Gasteiger partial charge in [0.2, 0.25) is 0 Å². The third kappa shape index (κ3) is 6.14. The predicted molar refractivity (Wildman–Crippen MR) is 136 cm³/mol. The number of allylic oxidation sites excluding steroid dienone is 1. The fraction of sp³-hybridized carbons (Fsp3) is 0.692. The van der Waals surface area contributed by atoms with Gasteiger partial charge in [0, 0.05) is 25.5 Å². The van der Waals surface area contributed by atoms with E-state index in [4.69, 9.17) is 10.5 Å². The lowest BCUT2D eigenvalue weighted by Crippen LogP contribution is -2.26. The lowest BCUT2D eigenvalue weighted by Gasteiger charge is -2.21. The Balaban J connectivity index is 1.28. The Morgan fingerprint density at radius 3 is 2.79 bits per heavy atom. The second-order valence-corrected chi connectivity index (χ2v) is 9.86. The van der Waals surface area contributed by atoms with Crippen molar-refractivity contribution in [3.63, 3.8) is 0 Å². The van der Waals surface area contributed by atoms with Crippen molar-refractivity contribution < 1.29 is 4.74 Å². The molecule has 2 aromatic heterocycles. The van der Waals surface area contributed by atoms with Crippen molar-refractivity contribution in [2.24, 2.45) is 5.92 Å². The lowest BCUT2D eigenvalue weighted by atomic mass is 9.92. The molecule has 1 aliphatic carbocycles. The molecule has 0 aromatic carbocycles. The summed E-state index contributed by atoms with van der Waals surface area (Å²) in [5.41, 5.74) is 10.1. The maximum Gasteiger partial charge on any atom is 0.146 e. The smallest absolute Gasteiger partial charge is 0.146 e. The topological polar surface area (TPSA) is 90.0 Å². The van der Waals surface area contributed by atoms with E-state index in [1.54, 1.807) is 6.33 Å². The molecule has 4 N–H and O–H groups in total. The van der Waals surface area contributed by atoms with Gasteiger partial charge >= 0.3 is 0 Å². The van der Waals surface area contributed by atoms with Crippen LogP contribution in [0.4, 0.5) is 5.82 Å². The Bertz CT molecular complexity index is 917. The molecule has 3 heterocycles. The number of nitrogens with two attached hydrogens (primary N) is 1. The Labute approximate surface area is 198 Å². The number of ether oxygens (including phenoxy) is 1. The van der Waals surface area contributed by atoms with Gasteiger partial charge in [0.25, 0.3) is 0 Å². The molecule has 182 valence electrons. The zero-order valence-corrected chi connectivity index (χ0v) is 20.5. The molecule has 2 atom stereocenters. The number of rotatable bonds is 11. The highest BCUT2D eigenvalue weighted by atomic mass is 16.5. The van der Waals surface area contributed by atoms with E-state index in [2.05, 4.69) is 51.3 Å². The summed E-state index contributed by atoms with van der Waals surface area (Å²) in [4.78, 5) is 8.98. The number of hydrogen-bond donors (Lipinski definition) is 3. The van der Waals surface area contributed by atoms with Crippen LogP contribution in [-0.2, 0) is 4.74 Å². The molecule has 0 bridgehead atoms. The molecule has 1 saturated carbocycles. The highest BCUT2D eigenvalue weighted by Crippen LogP contribution is 2.41. The van der Waals surface area contributed by atoms with E-state index in [9.17, 15) is 0 Å². The third-order valence-corrected chi connectivity index (χ3v) is 7.57. The zero-order chi connectivity index (χ0) is 23.0. The van der Waals surface area contributed by atoms with Crippen LogP contribution in [-0.4, -0.2) is 53.9 Å². The predicted octanol–water partition coefficient (Wildman–Crippen LogP) is 4.17. The second kappa shape index (κ2) is 12.0. The van der Waals surface area contributed by atoms with Gasteiger partial charge in [-0.25, -0.2) is 9.97 Å². The van der Waals surface area contributed by atoms with Gasteiger partial charge in [-0.3, -0.25) is 0 Å². The number of nitrogen functional groups attached to an aromatic ring is 1. The zero-order valence-electron chi connectivity index (χ0n) is 20.5. The molecule has 0 radical (unpaired) electrons. The number of hydrogen-bond acceptors (Lipinski definition) is 6. The van der Waals surface area contributed by atoms with Gasteiger partial charge in [0.15, 0.2) is 0 Å². The van der Waals surface area contributed by atoms with Crippen LogP contribution in [0.5, 0.6) is 0 Å². The number of anilines is 1. The number of aromatic nitrogens is 3. The molecule has 0 spiro atoms. The van der Waals surface area contributed by atoms with Crippen LogP contribution in [0, 0.1) is 5.92 Å². The maximum atomic E-state index is 6.34. The standard InChI is InChI=1S/C26H42N6O/c1-3-19(2)7-12-28-10-4-11-29-16-20-5-6-22(15-20)32-17-23(21-8-13-33-14-9-21)24-25(27)30-18-31-26(24)32/h3,17-18,20-22,28-29H,4-16H2,1-2H3,(H2,27,30,31)/b19-3+. The minimum Gasteiger partial charge on any atom is -0.383 e. The van der Waals surface area contributed by atoms with Crippen LogP contribution in [0.1, 0.15) is 76.3 Å². The summed E-state index contributed by atoms with van der Waals surface area (Å²) in [7, 11) is 0. The van der Waals surface area contributed by atoms with Gasteiger partial charge in [-0.2, -0.15) is 0 Å². The van der Waals surface area contributed by atoms with Crippen molar-refractivity contribution in [3.05, 3.63) is 29.7 Å². The Morgan fingerprint density at radius 2 is 1.97 bits per heavy atom. The van der Waals surface area contributed by atoms with Gasteiger partial charge in [-0.05, 0) is 102 Å². The first-order valence-electron chi connectivity index (χ1n) is 12.9. The summed E-state index contributed by atoms with van der Waals surface area (Å²) < 4.78 is 8.00. The van der Waals surface area contributed by atoms with Gasteiger partial charge in [-0.1, -0.05) is 11.6 Å². The Morgan fingerprint density at radius 1 is 1.15 bits per heavy atom.